The zero-order valence-corrected chi connectivity index (χ0v) is 10.2. The quantitative estimate of drug-likeness (QED) is 0.355. The fourth-order valence-electron chi connectivity index (χ4n) is 1.46. The second-order valence-electron chi connectivity index (χ2n) is 3.72. The van der Waals surface area contributed by atoms with Crippen LogP contribution in [0.15, 0.2) is 17.3 Å². The van der Waals surface area contributed by atoms with Crippen LogP contribution >= 0.6 is 23.2 Å². The van der Waals surface area contributed by atoms with E-state index in [1.165, 1.54) is 0 Å². The molecular formula is C10H14Cl2N2O. The predicted octanol–water partition coefficient (Wildman–Crippen LogP) is 2.49. The SMILES string of the molecule is CC(C)=NNC(=O)[C@@H]1CC=C[C@@H]1C(Cl)Cl. The molecule has 0 fully saturated rings. The first-order valence-electron chi connectivity index (χ1n) is 4.78. The first kappa shape index (κ1) is 12.5. The van der Waals surface area contributed by atoms with Crippen LogP contribution in [0, 0.1) is 11.8 Å². The van der Waals surface area contributed by atoms with Gasteiger partial charge in [0.1, 0.15) is 4.84 Å². The Morgan fingerprint density at radius 3 is 2.73 bits per heavy atom. The molecule has 0 aliphatic heterocycles. The Morgan fingerprint density at radius 1 is 1.53 bits per heavy atom. The van der Waals surface area contributed by atoms with Crippen LogP contribution in [0.3, 0.4) is 0 Å². The topological polar surface area (TPSA) is 41.5 Å². The van der Waals surface area contributed by atoms with Crippen molar-refractivity contribution in [2.45, 2.75) is 25.1 Å². The summed E-state index contributed by atoms with van der Waals surface area (Å²) in [6.45, 7) is 3.63. The summed E-state index contributed by atoms with van der Waals surface area (Å²) in [7, 11) is 0. The van der Waals surface area contributed by atoms with Gasteiger partial charge in [-0.05, 0) is 20.3 Å². The van der Waals surface area contributed by atoms with Gasteiger partial charge in [-0.25, -0.2) is 5.43 Å². The summed E-state index contributed by atoms with van der Waals surface area (Å²) in [6, 6.07) is 0. The lowest BCUT2D eigenvalue weighted by Gasteiger charge is -2.18. The second-order valence-corrected chi connectivity index (χ2v) is 4.88. The number of halogens is 2. The Balaban J connectivity index is 2.57. The Morgan fingerprint density at radius 2 is 2.20 bits per heavy atom. The van der Waals surface area contributed by atoms with Crippen molar-refractivity contribution in [3.63, 3.8) is 0 Å². The molecule has 0 bridgehead atoms. The first-order valence-corrected chi connectivity index (χ1v) is 5.65. The van der Waals surface area contributed by atoms with E-state index in [4.69, 9.17) is 23.2 Å². The summed E-state index contributed by atoms with van der Waals surface area (Å²) in [6.07, 6.45) is 4.48. The maximum absolute atomic E-state index is 11.7. The number of nitrogens with one attached hydrogen (secondary N) is 1. The molecular weight excluding hydrogens is 235 g/mol. The van der Waals surface area contributed by atoms with Crippen molar-refractivity contribution in [1.82, 2.24) is 5.43 Å². The van der Waals surface area contributed by atoms with Gasteiger partial charge in [-0.2, -0.15) is 5.10 Å². The number of carbonyl (C=O) groups is 1. The fourth-order valence-corrected chi connectivity index (χ4v) is 1.98. The molecule has 1 amide bonds. The van der Waals surface area contributed by atoms with Crippen molar-refractivity contribution in [3.05, 3.63) is 12.2 Å². The minimum atomic E-state index is -0.550. The van der Waals surface area contributed by atoms with Gasteiger partial charge in [0.2, 0.25) is 5.91 Å². The molecule has 1 aliphatic carbocycles. The number of nitrogens with zero attached hydrogens (tertiary/aromatic N) is 1. The van der Waals surface area contributed by atoms with E-state index in [0.717, 1.165) is 5.71 Å². The predicted molar refractivity (Wildman–Crippen MR) is 63.2 cm³/mol. The zero-order chi connectivity index (χ0) is 11.4. The van der Waals surface area contributed by atoms with Crippen molar-refractivity contribution >= 4 is 34.8 Å². The summed E-state index contributed by atoms with van der Waals surface area (Å²) in [5.74, 6) is -0.439. The lowest BCUT2D eigenvalue weighted by Crippen LogP contribution is -2.32. The first-order chi connectivity index (χ1) is 7.02. The molecule has 0 unspecified atom stereocenters. The lowest BCUT2D eigenvalue weighted by molar-refractivity contribution is -0.125. The van der Waals surface area contributed by atoms with E-state index in [-0.39, 0.29) is 17.7 Å². The number of hydrogen-bond acceptors (Lipinski definition) is 2. The van der Waals surface area contributed by atoms with Crippen molar-refractivity contribution in [2.24, 2.45) is 16.9 Å². The average molecular weight is 249 g/mol. The van der Waals surface area contributed by atoms with Crippen LogP contribution in [0.1, 0.15) is 20.3 Å². The molecule has 0 radical (unpaired) electrons. The maximum atomic E-state index is 11.7. The zero-order valence-electron chi connectivity index (χ0n) is 8.71. The molecule has 1 N–H and O–H groups in total. The van der Waals surface area contributed by atoms with E-state index in [2.05, 4.69) is 10.5 Å². The van der Waals surface area contributed by atoms with Crippen LogP contribution in [-0.2, 0) is 4.79 Å². The van der Waals surface area contributed by atoms with Crippen LogP contribution in [0.25, 0.3) is 0 Å². The second kappa shape index (κ2) is 5.52. The average Bonchev–Trinajstić information content (AvgIpc) is 2.62. The van der Waals surface area contributed by atoms with Gasteiger partial charge in [-0.3, -0.25) is 4.79 Å². The normalized spacial score (nSPS) is 24.3. The molecule has 3 nitrogen and oxygen atoms in total. The van der Waals surface area contributed by atoms with Crippen molar-refractivity contribution < 1.29 is 4.79 Å². The number of allylic oxidation sites excluding steroid dienone is 2. The highest BCUT2D eigenvalue weighted by molar-refractivity contribution is 6.44. The number of hydrogen-bond donors (Lipinski definition) is 1. The van der Waals surface area contributed by atoms with Gasteiger partial charge in [0.05, 0.1) is 5.92 Å². The van der Waals surface area contributed by atoms with Crippen LogP contribution in [0.2, 0.25) is 0 Å². The van der Waals surface area contributed by atoms with Crippen LogP contribution in [-0.4, -0.2) is 16.5 Å². The third-order valence-electron chi connectivity index (χ3n) is 2.23. The Hall–Kier alpha value is -0.540. The molecule has 0 saturated carbocycles. The lowest BCUT2D eigenvalue weighted by atomic mass is 9.96. The van der Waals surface area contributed by atoms with Gasteiger partial charge in [-0.1, -0.05) is 12.2 Å². The summed E-state index contributed by atoms with van der Waals surface area (Å²) < 4.78 is 0. The molecule has 1 rings (SSSR count). The van der Waals surface area contributed by atoms with Gasteiger partial charge in [-0.15, -0.1) is 23.2 Å². The van der Waals surface area contributed by atoms with E-state index in [1.807, 2.05) is 26.0 Å². The van der Waals surface area contributed by atoms with E-state index in [1.54, 1.807) is 0 Å². The fraction of sp³-hybridized carbons (Fsp3) is 0.600. The maximum Gasteiger partial charge on any atom is 0.244 e. The molecule has 0 aromatic heterocycles. The summed E-state index contributed by atoms with van der Waals surface area (Å²) in [5, 5.41) is 3.87. The third kappa shape index (κ3) is 3.50. The summed E-state index contributed by atoms with van der Waals surface area (Å²) in [5.41, 5.74) is 3.31. The minimum absolute atomic E-state index is 0.110. The minimum Gasteiger partial charge on any atom is -0.273 e. The van der Waals surface area contributed by atoms with Crippen molar-refractivity contribution in [2.75, 3.05) is 0 Å². The third-order valence-corrected chi connectivity index (χ3v) is 2.81. The highest BCUT2D eigenvalue weighted by Gasteiger charge is 2.33. The van der Waals surface area contributed by atoms with E-state index < -0.39 is 4.84 Å². The highest BCUT2D eigenvalue weighted by atomic mass is 35.5. The van der Waals surface area contributed by atoms with Gasteiger partial charge >= 0.3 is 0 Å². The van der Waals surface area contributed by atoms with E-state index in [9.17, 15) is 4.79 Å². The van der Waals surface area contributed by atoms with Crippen molar-refractivity contribution in [1.29, 1.82) is 0 Å². The van der Waals surface area contributed by atoms with Gasteiger partial charge in [0.25, 0.3) is 0 Å². The molecule has 0 saturated heterocycles. The van der Waals surface area contributed by atoms with E-state index >= 15 is 0 Å². The van der Waals surface area contributed by atoms with Crippen LogP contribution in [0.5, 0.6) is 0 Å². The molecule has 0 aromatic carbocycles. The largest absolute Gasteiger partial charge is 0.273 e. The molecule has 1 aliphatic rings. The molecule has 2 atom stereocenters. The van der Waals surface area contributed by atoms with Gasteiger partial charge in [0.15, 0.2) is 0 Å². The van der Waals surface area contributed by atoms with Gasteiger partial charge < -0.3 is 0 Å². The molecule has 84 valence electrons. The Labute approximate surface area is 99.5 Å². The molecule has 0 spiro atoms. The standard InChI is InChI=1S/C10H14Cl2N2O/c1-6(2)13-14-10(15)8-5-3-4-7(8)9(11)12/h3-4,7-9H,5H2,1-2H3,(H,14,15)/t7-,8+/m0/s1. The highest BCUT2D eigenvalue weighted by Crippen LogP contribution is 2.32. The summed E-state index contributed by atoms with van der Waals surface area (Å²) in [4.78, 5) is 11.1. The molecule has 5 heteroatoms. The number of alkyl halides is 2. The van der Waals surface area contributed by atoms with Crippen LogP contribution < -0.4 is 5.43 Å². The Bertz CT molecular complexity index is 296. The van der Waals surface area contributed by atoms with Gasteiger partial charge in [0, 0.05) is 11.6 Å². The molecule has 0 aromatic rings. The molecule has 15 heavy (non-hydrogen) atoms. The van der Waals surface area contributed by atoms with E-state index in [0.29, 0.717) is 6.42 Å². The number of amides is 1. The Kier molecular flexibility index (Phi) is 4.61. The number of hydrazone groups is 1. The monoisotopic (exact) mass is 248 g/mol. The molecule has 0 heterocycles. The number of carbonyl (C=O) groups excluding carboxylic acids is 1. The summed E-state index contributed by atoms with van der Waals surface area (Å²) >= 11 is 11.6. The smallest absolute Gasteiger partial charge is 0.244 e. The number of rotatable bonds is 3. The van der Waals surface area contributed by atoms with Crippen LogP contribution in [0.4, 0.5) is 0 Å². The van der Waals surface area contributed by atoms with Crippen molar-refractivity contribution in [3.8, 4) is 0 Å².